The van der Waals surface area contributed by atoms with Gasteiger partial charge in [0, 0.05) is 18.3 Å². The Morgan fingerprint density at radius 2 is 1.62 bits per heavy atom. The first-order chi connectivity index (χ1) is 15.9. The molecule has 0 fully saturated rings. The number of aliphatic carboxylic acids is 1. The molecule has 13 heteroatoms. The van der Waals surface area contributed by atoms with Crippen LogP contribution in [0.1, 0.15) is 46.2 Å². The summed E-state index contributed by atoms with van der Waals surface area (Å²) in [5.74, 6) is -4.77. The third-order valence-electron chi connectivity index (χ3n) is 5.39. The molecule has 0 radical (unpaired) electrons. The van der Waals surface area contributed by atoms with Crippen LogP contribution in [0.25, 0.3) is 0 Å². The predicted molar refractivity (Wildman–Crippen MR) is 122 cm³/mol. The number of aromatic amines is 1. The lowest BCUT2D eigenvalue weighted by atomic mass is 9.96. The van der Waals surface area contributed by atoms with E-state index in [4.69, 9.17) is 11.5 Å². The summed E-state index contributed by atoms with van der Waals surface area (Å²) in [4.78, 5) is 67.6. The van der Waals surface area contributed by atoms with Crippen molar-refractivity contribution in [1.82, 2.24) is 25.9 Å². The zero-order valence-corrected chi connectivity index (χ0v) is 19.8. The lowest BCUT2D eigenvalue weighted by Gasteiger charge is -2.29. The highest BCUT2D eigenvalue weighted by Gasteiger charge is 2.34. The van der Waals surface area contributed by atoms with Gasteiger partial charge in [-0.15, -0.1) is 0 Å². The summed E-state index contributed by atoms with van der Waals surface area (Å²) in [7, 11) is 0. The van der Waals surface area contributed by atoms with Gasteiger partial charge in [0.15, 0.2) is 0 Å². The highest BCUT2D eigenvalue weighted by atomic mass is 16.4. The van der Waals surface area contributed by atoms with Crippen LogP contribution >= 0.6 is 0 Å². The first-order valence-corrected chi connectivity index (χ1v) is 11.0. The van der Waals surface area contributed by atoms with Gasteiger partial charge < -0.3 is 37.5 Å². The fraction of sp³-hybridized carbons (Fsp3) is 0.619. The molecule has 1 heterocycles. The maximum Gasteiger partial charge on any atom is 0.326 e. The molecule has 9 N–H and O–H groups in total. The Morgan fingerprint density at radius 1 is 1.03 bits per heavy atom. The second-order valence-corrected chi connectivity index (χ2v) is 8.56. The van der Waals surface area contributed by atoms with Crippen molar-refractivity contribution in [2.75, 3.05) is 0 Å². The van der Waals surface area contributed by atoms with Crippen LogP contribution in [0.2, 0.25) is 0 Å². The third kappa shape index (κ3) is 8.81. The molecule has 0 bridgehead atoms. The Kier molecular flexibility index (Phi) is 11.2. The van der Waals surface area contributed by atoms with Crippen LogP contribution < -0.4 is 27.4 Å². The predicted octanol–water partition coefficient (Wildman–Crippen LogP) is -1.60. The number of amides is 4. The van der Waals surface area contributed by atoms with Gasteiger partial charge in [-0.05, 0) is 11.8 Å². The van der Waals surface area contributed by atoms with Crippen molar-refractivity contribution < 1.29 is 29.1 Å². The smallest absolute Gasteiger partial charge is 0.326 e. The largest absolute Gasteiger partial charge is 0.480 e. The van der Waals surface area contributed by atoms with Gasteiger partial charge in [-0.3, -0.25) is 19.2 Å². The maximum absolute atomic E-state index is 13.1. The molecule has 13 nitrogen and oxygen atoms in total. The molecule has 1 aromatic heterocycles. The number of nitrogens with zero attached hydrogens (tertiary/aromatic N) is 1. The molecule has 1 aromatic rings. The zero-order valence-electron chi connectivity index (χ0n) is 19.8. The normalized spacial score (nSPS) is 15.5. The molecule has 0 aromatic carbocycles. The minimum Gasteiger partial charge on any atom is -0.480 e. The van der Waals surface area contributed by atoms with Gasteiger partial charge in [0.1, 0.15) is 18.1 Å². The van der Waals surface area contributed by atoms with Crippen molar-refractivity contribution in [3.05, 3.63) is 18.2 Å². The van der Waals surface area contributed by atoms with Gasteiger partial charge in [0.2, 0.25) is 23.6 Å². The van der Waals surface area contributed by atoms with Crippen molar-refractivity contribution in [3.63, 3.8) is 0 Å². The molecule has 0 aliphatic heterocycles. The topological polar surface area (TPSA) is 222 Å². The molecule has 0 aliphatic carbocycles. The second-order valence-electron chi connectivity index (χ2n) is 8.56. The molecule has 0 spiro atoms. The van der Waals surface area contributed by atoms with E-state index in [-0.39, 0.29) is 18.8 Å². The lowest BCUT2D eigenvalue weighted by molar-refractivity contribution is -0.142. The molecule has 0 aliphatic rings. The van der Waals surface area contributed by atoms with Crippen LogP contribution in [0.4, 0.5) is 0 Å². The Bertz CT molecular complexity index is 858. The number of hydrogen-bond acceptors (Lipinski definition) is 7. The van der Waals surface area contributed by atoms with Crippen LogP contribution in [0.3, 0.4) is 0 Å². The molecule has 1 rings (SSSR count). The summed E-state index contributed by atoms with van der Waals surface area (Å²) in [6.07, 6.45) is 2.96. The summed E-state index contributed by atoms with van der Waals surface area (Å²) in [5, 5.41) is 17.1. The average molecular weight is 482 g/mol. The van der Waals surface area contributed by atoms with Gasteiger partial charge in [-0.25, -0.2) is 9.78 Å². The first-order valence-electron chi connectivity index (χ1n) is 11.0. The van der Waals surface area contributed by atoms with E-state index < -0.39 is 59.7 Å². The van der Waals surface area contributed by atoms with E-state index >= 15 is 0 Å². The SMILES string of the molecule is CCC(C)C(NC(=O)C(N)CC(N)=O)C(=O)NC(C(=O)NC(Cc1cnc[nH]1)C(=O)O)C(C)C. The second kappa shape index (κ2) is 13.3. The van der Waals surface area contributed by atoms with Crippen molar-refractivity contribution >= 4 is 29.6 Å². The van der Waals surface area contributed by atoms with E-state index in [1.807, 2.05) is 6.92 Å². The molecule has 190 valence electrons. The monoisotopic (exact) mass is 481 g/mol. The van der Waals surface area contributed by atoms with Crippen LogP contribution in [0, 0.1) is 11.8 Å². The number of rotatable bonds is 14. The van der Waals surface area contributed by atoms with Crippen LogP contribution in [0.5, 0.6) is 0 Å². The molecule has 0 saturated heterocycles. The van der Waals surface area contributed by atoms with E-state index in [1.54, 1.807) is 20.8 Å². The summed E-state index contributed by atoms with van der Waals surface area (Å²) in [6, 6.07) is -4.58. The highest BCUT2D eigenvalue weighted by molar-refractivity contribution is 5.95. The lowest BCUT2D eigenvalue weighted by Crippen LogP contribution is -2.60. The minimum atomic E-state index is -1.25. The number of carboxylic acids is 1. The quantitative estimate of drug-likeness (QED) is 0.163. The first kappa shape index (κ1) is 28.6. The van der Waals surface area contributed by atoms with Gasteiger partial charge in [0.25, 0.3) is 0 Å². The standard InChI is InChI=1S/C21H35N7O6/c1-5-11(4)17(28-18(30)13(22)7-15(23)29)20(32)27-16(10(2)3)19(31)26-14(21(33)34)6-12-8-24-9-25-12/h8-11,13-14,16-17H,5-7,22H2,1-4H3,(H2,23,29)(H,24,25)(H,26,31)(H,27,32)(H,28,30)(H,33,34). The molecular formula is C21H35N7O6. The molecule has 34 heavy (non-hydrogen) atoms. The number of nitrogens with two attached hydrogens (primary N) is 2. The van der Waals surface area contributed by atoms with Crippen molar-refractivity contribution in [2.45, 2.75) is 71.1 Å². The van der Waals surface area contributed by atoms with E-state index in [9.17, 15) is 29.1 Å². The van der Waals surface area contributed by atoms with E-state index in [2.05, 4.69) is 25.9 Å². The maximum atomic E-state index is 13.1. The fourth-order valence-corrected chi connectivity index (χ4v) is 3.13. The number of imidazole rings is 1. The van der Waals surface area contributed by atoms with Crippen molar-refractivity contribution in [1.29, 1.82) is 0 Å². The molecular weight excluding hydrogens is 446 g/mol. The number of aromatic nitrogens is 2. The van der Waals surface area contributed by atoms with Crippen LogP contribution in [0.15, 0.2) is 12.5 Å². The summed E-state index contributed by atoms with van der Waals surface area (Å²) >= 11 is 0. The fourth-order valence-electron chi connectivity index (χ4n) is 3.13. The Morgan fingerprint density at radius 3 is 2.09 bits per heavy atom. The molecule has 5 unspecified atom stereocenters. The number of carboxylic acid groups (broad SMARTS) is 1. The Hall–Kier alpha value is -3.48. The van der Waals surface area contributed by atoms with E-state index in [1.165, 1.54) is 12.5 Å². The highest BCUT2D eigenvalue weighted by Crippen LogP contribution is 2.11. The summed E-state index contributed by atoms with van der Waals surface area (Å²) in [6.45, 7) is 6.93. The number of carbonyl (C=O) groups is 5. The minimum absolute atomic E-state index is 0.0247. The number of primary amides is 1. The number of H-pyrrole nitrogens is 1. The van der Waals surface area contributed by atoms with Gasteiger partial charge in [-0.1, -0.05) is 34.1 Å². The van der Waals surface area contributed by atoms with Crippen molar-refractivity contribution in [3.8, 4) is 0 Å². The van der Waals surface area contributed by atoms with Crippen molar-refractivity contribution in [2.24, 2.45) is 23.3 Å². The molecule has 4 amide bonds. The summed E-state index contributed by atoms with van der Waals surface area (Å²) < 4.78 is 0. The number of nitrogens with one attached hydrogen (secondary N) is 4. The van der Waals surface area contributed by atoms with E-state index in [0.29, 0.717) is 12.1 Å². The van der Waals surface area contributed by atoms with Gasteiger partial charge in [0.05, 0.1) is 18.8 Å². The van der Waals surface area contributed by atoms with Gasteiger partial charge in [-0.2, -0.15) is 0 Å². The molecule has 0 saturated carbocycles. The summed E-state index contributed by atoms with van der Waals surface area (Å²) in [5.41, 5.74) is 11.3. The zero-order chi connectivity index (χ0) is 26.0. The molecule has 5 atom stereocenters. The third-order valence-corrected chi connectivity index (χ3v) is 5.39. The Balaban J connectivity index is 2.96. The van der Waals surface area contributed by atoms with Crippen LogP contribution in [-0.4, -0.2) is 68.8 Å². The Labute approximate surface area is 197 Å². The van der Waals surface area contributed by atoms with Crippen LogP contribution in [-0.2, 0) is 30.4 Å². The number of carbonyl (C=O) groups excluding carboxylic acids is 4. The van der Waals surface area contributed by atoms with Gasteiger partial charge >= 0.3 is 5.97 Å². The van der Waals surface area contributed by atoms with E-state index in [0.717, 1.165) is 0 Å². The average Bonchev–Trinajstić information content (AvgIpc) is 3.26. The number of hydrogen-bond donors (Lipinski definition) is 7.